The molecule has 0 bridgehead atoms. The molecule has 0 radical (unpaired) electrons. The quantitative estimate of drug-likeness (QED) is 0.431. The standard InChI is InChI=1S/C28H32F3N3O7/c1-33(2)21-15-8-11-7-14-18(16(35)9-12(20(14)28(29,30)31)10-34(3)13-5-4-6-13)22(36)17(11)24(38)27(15,41)25(39)19(23(21)37)26(32)40/h9,11,13,15,17,19,21,35,41H,4-8,10H2,1-3H3,(H2,32,40)/t11-,15-,17?,19?,21-,27-/m0/s1. The average Bonchev–Trinajstić information content (AvgIpc) is 2.78. The maximum absolute atomic E-state index is 14.6. The smallest absolute Gasteiger partial charge is 0.417 e. The van der Waals surface area contributed by atoms with Gasteiger partial charge in [0.15, 0.2) is 34.7 Å². The molecule has 1 aromatic rings. The third kappa shape index (κ3) is 4.23. The van der Waals surface area contributed by atoms with Crippen LogP contribution in [0.4, 0.5) is 13.2 Å². The number of halogens is 3. The summed E-state index contributed by atoms with van der Waals surface area (Å²) in [5, 5.41) is 22.4. The summed E-state index contributed by atoms with van der Waals surface area (Å²) in [5.74, 6) is -13.3. The number of amides is 1. The van der Waals surface area contributed by atoms with Crippen LogP contribution < -0.4 is 5.73 Å². The summed E-state index contributed by atoms with van der Waals surface area (Å²) in [6, 6.07) is -0.341. The lowest BCUT2D eigenvalue weighted by Crippen LogP contribution is -2.74. The Kier molecular flexibility index (Phi) is 6.94. The summed E-state index contributed by atoms with van der Waals surface area (Å²) in [7, 11) is 4.55. The van der Waals surface area contributed by atoms with Gasteiger partial charge in [-0.1, -0.05) is 6.42 Å². The van der Waals surface area contributed by atoms with Gasteiger partial charge in [0.25, 0.3) is 0 Å². The lowest BCUT2D eigenvalue weighted by molar-refractivity contribution is -0.181. The normalized spacial score (nSPS) is 32.1. The number of benzene rings is 1. The number of alkyl halides is 3. The van der Waals surface area contributed by atoms with Crippen LogP contribution in [0.15, 0.2) is 6.07 Å². The third-order valence-electron chi connectivity index (χ3n) is 9.55. The number of hydrogen-bond donors (Lipinski definition) is 3. The van der Waals surface area contributed by atoms with Gasteiger partial charge < -0.3 is 15.9 Å². The van der Waals surface area contributed by atoms with Gasteiger partial charge in [-0.25, -0.2) is 0 Å². The molecule has 0 aromatic heterocycles. The Morgan fingerprint density at radius 3 is 2.27 bits per heavy atom. The van der Waals surface area contributed by atoms with Gasteiger partial charge in [-0.3, -0.25) is 33.8 Å². The van der Waals surface area contributed by atoms with Crippen molar-refractivity contribution in [2.24, 2.45) is 29.4 Å². The Balaban J connectivity index is 1.64. The number of ketones is 4. The van der Waals surface area contributed by atoms with Gasteiger partial charge in [0.1, 0.15) is 5.75 Å². The van der Waals surface area contributed by atoms with Crippen LogP contribution in [0.2, 0.25) is 0 Å². The monoisotopic (exact) mass is 579 g/mol. The first-order chi connectivity index (χ1) is 19.0. The van der Waals surface area contributed by atoms with Crippen molar-refractivity contribution in [1.29, 1.82) is 0 Å². The Morgan fingerprint density at radius 1 is 1.12 bits per heavy atom. The molecule has 0 heterocycles. The van der Waals surface area contributed by atoms with Crippen LogP contribution in [-0.4, -0.2) is 87.9 Å². The topological polar surface area (TPSA) is 158 Å². The fourth-order valence-electron chi connectivity index (χ4n) is 7.45. The third-order valence-corrected chi connectivity index (χ3v) is 9.55. The number of phenolic OH excluding ortho intramolecular Hbond substituents is 1. The molecule has 1 amide bonds. The molecule has 10 nitrogen and oxygen atoms in total. The van der Waals surface area contributed by atoms with E-state index in [1.165, 1.54) is 19.0 Å². The lowest BCUT2D eigenvalue weighted by Gasteiger charge is -2.52. The molecule has 4 N–H and O–H groups in total. The van der Waals surface area contributed by atoms with Crippen LogP contribution in [0.25, 0.3) is 0 Å². The van der Waals surface area contributed by atoms with E-state index in [0.717, 1.165) is 25.3 Å². The molecular formula is C28H32F3N3O7. The zero-order valence-corrected chi connectivity index (χ0v) is 22.8. The Morgan fingerprint density at radius 2 is 1.76 bits per heavy atom. The minimum Gasteiger partial charge on any atom is -0.507 e. The number of phenols is 1. The number of carbonyl (C=O) groups excluding carboxylic acids is 5. The minimum absolute atomic E-state index is 0.0995. The van der Waals surface area contributed by atoms with Crippen LogP contribution in [0, 0.1) is 23.7 Å². The summed E-state index contributed by atoms with van der Waals surface area (Å²) < 4.78 is 43.8. The lowest BCUT2D eigenvalue weighted by atomic mass is 9.52. The van der Waals surface area contributed by atoms with Crippen molar-refractivity contribution in [2.45, 2.75) is 62.5 Å². The highest BCUT2D eigenvalue weighted by Crippen LogP contribution is 2.52. The SMILES string of the molecule is CN(Cc1cc(O)c2c(c1C(F)(F)F)C[C@H]1C[C@H]3[C@H](N(C)C)C(=O)C(C(N)=O)C(=O)[C@@]3(O)C(=O)C1C2=O)C1CCC1. The summed E-state index contributed by atoms with van der Waals surface area (Å²) >= 11 is 0. The van der Waals surface area contributed by atoms with Crippen molar-refractivity contribution in [3.05, 3.63) is 28.3 Å². The second-order valence-corrected chi connectivity index (χ2v) is 12.1. The van der Waals surface area contributed by atoms with E-state index in [0.29, 0.717) is 0 Å². The number of primary amides is 1. The molecule has 4 aliphatic carbocycles. The Bertz CT molecular complexity index is 1370. The van der Waals surface area contributed by atoms with E-state index in [2.05, 4.69) is 0 Å². The Labute approximate surface area is 233 Å². The first kappa shape index (κ1) is 29.3. The summed E-state index contributed by atoms with van der Waals surface area (Å²) in [5.41, 5.74) is -0.0168. The first-order valence-electron chi connectivity index (χ1n) is 13.5. The molecule has 0 spiro atoms. The van der Waals surface area contributed by atoms with E-state index < -0.39 is 99.4 Å². The molecule has 222 valence electrons. The zero-order valence-electron chi connectivity index (χ0n) is 22.8. The number of aliphatic hydroxyl groups is 1. The van der Waals surface area contributed by atoms with E-state index in [9.17, 15) is 47.4 Å². The van der Waals surface area contributed by atoms with Crippen molar-refractivity contribution in [1.82, 2.24) is 9.80 Å². The Hall–Kier alpha value is -3.16. The van der Waals surface area contributed by atoms with E-state index in [-0.39, 0.29) is 24.6 Å². The maximum Gasteiger partial charge on any atom is 0.417 e. The van der Waals surface area contributed by atoms with Crippen molar-refractivity contribution in [3.8, 4) is 5.75 Å². The molecule has 41 heavy (non-hydrogen) atoms. The fraction of sp³-hybridized carbons (Fsp3) is 0.607. The molecule has 2 unspecified atom stereocenters. The fourth-order valence-corrected chi connectivity index (χ4v) is 7.45. The van der Waals surface area contributed by atoms with Gasteiger partial charge in [-0.15, -0.1) is 0 Å². The minimum atomic E-state index is -4.89. The van der Waals surface area contributed by atoms with E-state index in [1.807, 2.05) is 0 Å². The molecule has 1 aromatic carbocycles. The number of carbonyl (C=O) groups is 5. The number of fused-ring (bicyclic) bond motifs is 3. The first-order valence-corrected chi connectivity index (χ1v) is 13.5. The molecule has 4 aliphatic rings. The molecule has 6 atom stereocenters. The number of likely N-dealkylation sites (N-methyl/N-ethyl adjacent to an activating group) is 1. The second-order valence-electron chi connectivity index (χ2n) is 12.1. The number of nitrogens with two attached hydrogens (primary N) is 1. The van der Waals surface area contributed by atoms with Gasteiger partial charge in [-0.2, -0.15) is 13.2 Å². The molecule has 0 aliphatic heterocycles. The van der Waals surface area contributed by atoms with Crippen molar-refractivity contribution in [3.63, 3.8) is 0 Å². The largest absolute Gasteiger partial charge is 0.507 e. The summed E-state index contributed by atoms with van der Waals surface area (Å²) in [4.78, 5) is 69.2. The predicted octanol–water partition coefficient (Wildman–Crippen LogP) is 0.870. The number of hydrogen-bond acceptors (Lipinski definition) is 9. The van der Waals surface area contributed by atoms with E-state index in [1.54, 1.807) is 11.9 Å². The van der Waals surface area contributed by atoms with Crippen LogP contribution in [0.3, 0.4) is 0 Å². The number of rotatable bonds is 5. The van der Waals surface area contributed by atoms with Crippen LogP contribution >= 0.6 is 0 Å². The van der Waals surface area contributed by atoms with Gasteiger partial charge >= 0.3 is 6.18 Å². The molecule has 3 saturated carbocycles. The molecule has 0 saturated heterocycles. The van der Waals surface area contributed by atoms with Crippen molar-refractivity contribution >= 4 is 29.0 Å². The average molecular weight is 580 g/mol. The summed E-state index contributed by atoms with van der Waals surface area (Å²) in [6.07, 6.45) is -3.02. The van der Waals surface area contributed by atoms with Crippen LogP contribution in [0.5, 0.6) is 5.75 Å². The highest BCUT2D eigenvalue weighted by atomic mass is 19.4. The van der Waals surface area contributed by atoms with Crippen molar-refractivity contribution in [2.75, 3.05) is 21.1 Å². The second kappa shape index (κ2) is 9.70. The van der Waals surface area contributed by atoms with Gasteiger partial charge in [0, 0.05) is 18.5 Å². The van der Waals surface area contributed by atoms with Crippen LogP contribution in [0.1, 0.15) is 52.7 Å². The number of nitrogens with zero attached hydrogens (tertiary/aromatic N) is 2. The van der Waals surface area contributed by atoms with Gasteiger partial charge in [0.2, 0.25) is 5.91 Å². The van der Waals surface area contributed by atoms with Gasteiger partial charge in [0.05, 0.1) is 23.1 Å². The van der Waals surface area contributed by atoms with Crippen molar-refractivity contribution < 1.29 is 47.4 Å². The summed E-state index contributed by atoms with van der Waals surface area (Å²) in [6.45, 7) is -0.121. The predicted molar refractivity (Wildman–Crippen MR) is 135 cm³/mol. The molecular weight excluding hydrogens is 547 g/mol. The van der Waals surface area contributed by atoms with Crippen LogP contribution in [-0.2, 0) is 38.3 Å². The highest BCUT2D eigenvalue weighted by Gasteiger charge is 2.69. The molecule has 3 fully saturated rings. The van der Waals surface area contributed by atoms with E-state index >= 15 is 0 Å². The molecule has 13 heteroatoms. The zero-order chi connectivity index (χ0) is 30.3. The highest BCUT2D eigenvalue weighted by molar-refractivity contribution is 6.32. The maximum atomic E-state index is 14.6. The number of Topliss-reactive ketones (excluding diaryl/α,β-unsaturated/α-hetero) is 4. The molecule has 5 rings (SSSR count). The van der Waals surface area contributed by atoms with E-state index in [4.69, 9.17) is 5.73 Å². The number of aromatic hydroxyl groups is 1. The van der Waals surface area contributed by atoms with Gasteiger partial charge in [-0.05, 0) is 69.9 Å².